The van der Waals surface area contributed by atoms with Crippen LogP contribution in [-0.4, -0.2) is 35.9 Å². The van der Waals surface area contributed by atoms with Gasteiger partial charge in [0.15, 0.2) is 12.4 Å². The Hall–Kier alpha value is -2.64. The van der Waals surface area contributed by atoms with Crippen LogP contribution < -0.4 is 15.4 Å². The van der Waals surface area contributed by atoms with Gasteiger partial charge in [0.2, 0.25) is 5.91 Å². The molecule has 0 aliphatic rings. The molecule has 0 saturated carbocycles. The monoisotopic (exact) mass is 309 g/mol. The molecule has 1 aromatic rings. The van der Waals surface area contributed by atoms with Gasteiger partial charge in [-0.3, -0.25) is 19.7 Å². The summed E-state index contributed by atoms with van der Waals surface area (Å²) in [7, 11) is 0. The van der Waals surface area contributed by atoms with Crippen molar-refractivity contribution in [1.29, 1.82) is 0 Å². The average molecular weight is 309 g/mol. The van der Waals surface area contributed by atoms with E-state index in [9.17, 15) is 19.7 Å². The average Bonchev–Trinajstić information content (AvgIpc) is 2.50. The molecule has 1 atom stereocenters. The van der Waals surface area contributed by atoms with Crippen molar-refractivity contribution < 1.29 is 19.2 Å². The second-order valence-electron chi connectivity index (χ2n) is 4.59. The van der Waals surface area contributed by atoms with Crippen molar-refractivity contribution >= 4 is 17.5 Å². The van der Waals surface area contributed by atoms with Crippen LogP contribution in [0.3, 0.4) is 0 Å². The Labute approximate surface area is 128 Å². The lowest BCUT2D eigenvalue weighted by Crippen LogP contribution is -2.46. The maximum Gasteiger partial charge on any atom is 0.310 e. The minimum Gasteiger partial charge on any atom is -0.477 e. The van der Waals surface area contributed by atoms with Crippen molar-refractivity contribution in [1.82, 2.24) is 10.6 Å². The summed E-state index contributed by atoms with van der Waals surface area (Å²) in [6.45, 7) is 3.60. The Balaban J connectivity index is 2.50. The molecule has 0 bridgehead atoms. The summed E-state index contributed by atoms with van der Waals surface area (Å²) in [5.41, 5.74) is -0.218. The molecule has 1 aromatic carbocycles. The van der Waals surface area contributed by atoms with Crippen molar-refractivity contribution in [3.05, 3.63) is 34.4 Å². The van der Waals surface area contributed by atoms with E-state index in [4.69, 9.17) is 4.74 Å². The molecule has 0 unspecified atom stereocenters. The number of hydrogen-bond acceptors (Lipinski definition) is 5. The van der Waals surface area contributed by atoms with Crippen LogP contribution in [0.15, 0.2) is 24.3 Å². The fourth-order valence-electron chi connectivity index (χ4n) is 1.62. The zero-order chi connectivity index (χ0) is 16.5. The van der Waals surface area contributed by atoms with Gasteiger partial charge in [0.25, 0.3) is 5.91 Å². The third-order valence-electron chi connectivity index (χ3n) is 2.74. The molecule has 0 aliphatic heterocycles. The molecule has 0 heterocycles. The van der Waals surface area contributed by atoms with Crippen LogP contribution >= 0.6 is 0 Å². The summed E-state index contributed by atoms with van der Waals surface area (Å²) in [6.07, 6.45) is 0.799. The van der Waals surface area contributed by atoms with Crippen LogP contribution in [0.25, 0.3) is 0 Å². The number of benzene rings is 1. The third kappa shape index (κ3) is 5.39. The molecule has 0 radical (unpaired) electrons. The van der Waals surface area contributed by atoms with E-state index in [0.717, 1.165) is 6.42 Å². The molecular weight excluding hydrogens is 290 g/mol. The maximum absolute atomic E-state index is 11.7. The molecule has 22 heavy (non-hydrogen) atoms. The first-order valence-electron chi connectivity index (χ1n) is 6.89. The zero-order valence-corrected chi connectivity index (χ0v) is 12.5. The third-order valence-corrected chi connectivity index (χ3v) is 2.74. The molecule has 0 aromatic heterocycles. The zero-order valence-electron chi connectivity index (χ0n) is 12.5. The first kappa shape index (κ1) is 17.4. The minimum atomic E-state index is -0.701. The second kappa shape index (κ2) is 8.60. The number of para-hydroxylation sites is 2. The Kier molecular flexibility index (Phi) is 6.81. The number of amides is 2. The molecule has 8 heteroatoms. The lowest BCUT2D eigenvalue weighted by Gasteiger charge is -2.14. The largest absolute Gasteiger partial charge is 0.477 e. The molecular formula is C14H19N3O5. The Morgan fingerprint density at radius 3 is 2.68 bits per heavy atom. The van der Waals surface area contributed by atoms with Gasteiger partial charge in [0.05, 0.1) is 4.92 Å². The number of nitro benzene ring substituents is 1. The fraction of sp³-hybridized carbons (Fsp3) is 0.429. The molecule has 1 rings (SSSR count). The van der Waals surface area contributed by atoms with Gasteiger partial charge in [0, 0.05) is 12.6 Å². The predicted octanol–water partition coefficient (Wildman–Crippen LogP) is 1.00. The van der Waals surface area contributed by atoms with E-state index in [1.54, 1.807) is 13.0 Å². The van der Waals surface area contributed by atoms with Gasteiger partial charge < -0.3 is 15.4 Å². The molecule has 2 amide bonds. The van der Waals surface area contributed by atoms with Crippen molar-refractivity contribution in [2.75, 3.05) is 13.2 Å². The van der Waals surface area contributed by atoms with E-state index in [2.05, 4.69) is 10.6 Å². The summed E-state index contributed by atoms with van der Waals surface area (Å²) in [6, 6.07) is 5.07. The number of nitrogens with zero attached hydrogens (tertiary/aromatic N) is 1. The highest BCUT2D eigenvalue weighted by Crippen LogP contribution is 2.25. The summed E-state index contributed by atoms with van der Waals surface area (Å²) in [5.74, 6) is -0.816. The summed E-state index contributed by atoms with van der Waals surface area (Å²) in [4.78, 5) is 33.5. The number of rotatable bonds is 8. The highest BCUT2D eigenvalue weighted by molar-refractivity contribution is 5.87. The molecule has 0 spiro atoms. The van der Waals surface area contributed by atoms with Gasteiger partial charge in [-0.25, -0.2) is 0 Å². The molecule has 8 nitrogen and oxygen atoms in total. The van der Waals surface area contributed by atoms with E-state index < -0.39 is 23.5 Å². The standard InChI is InChI=1S/C14H19N3O5/c1-3-8-15-14(19)10(2)16-13(18)9-22-12-7-5-4-6-11(12)17(20)21/h4-7,10H,3,8-9H2,1-2H3,(H,15,19)(H,16,18)/t10-/m1/s1. The van der Waals surface area contributed by atoms with Crippen LogP contribution in [0.1, 0.15) is 20.3 Å². The number of nitrogens with one attached hydrogen (secondary N) is 2. The van der Waals surface area contributed by atoms with E-state index in [0.29, 0.717) is 6.54 Å². The minimum absolute atomic E-state index is 0.00531. The van der Waals surface area contributed by atoms with E-state index in [1.807, 2.05) is 6.92 Å². The quantitative estimate of drug-likeness (QED) is 0.550. The summed E-state index contributed by atoms with van der Waals surface area (Å²) < 4.78 is 5.14. The topological polar surface area (TPSA) is 111 Å². The van der Waals surface area contributed by atoms with E-state index in [1.165, 1.54) is 18.2 Å². The summed E-state index contributed by atoms with van der Waals surface area (Å²) in [5, 5.41) is 15.9. The first-order valence-corrected chi connectivity index (χ1v) is 6.89. The normalized spacial score (nSPS) is 11.4. The van der Waals surface area contributed by atoms with Gasteiger partial charge >= 0.3 is 5.69 Å². The van der Waals surface area contributed by atoms with Gasteiger partial charge in [-0.15, -0.1) is 0 Å². The van der Waals surface area contributed by atoms with E-state index >= 15 is 0 Å². The van der Waals surface area contributed by atoms with Crippen molar-refractivity contribution in [3.63, 3.8) is 0 Å². The first-order chi connectivity index (χ1) is 10.5. The van der Waals surface area contributed by atoms with E-state index in [-0.39, 0.29) is 17.3 Å². The number of nitro groups is 1. The van der Waals surface area contributed by atoms with Crippen LogP contribution in [0.2, 0.25) is 0 Å². The van der Waals surface area contributed by atoms with Gasteiger partial charge in [-0.2, -0.15) is 0 Å². The smallest absolute Gasteiger partial charge is 0.310 e. The van der Waals surface area contributed by atoms with Gasteiger partial charge in [0.1, 0.15) is 6.04 Å². The highest BCUT2D eigenvalue weighted by atomic mass is 16.6. The number of carbonyl (C=O) groups excluding carboxylic acids is 2. The van der Waals surface area contributed by atoms with Gasteiger partial charge in [-0.1, -0.05) is 19.1 Å². The number of hydrogen-bond donors (Lipinski definition) is 2. The molecule has 2 N–H and O–H groups in total. The maximum atomic E-state index is 11.7. The molecule has 0 fully saturated rings. The van der Waals surface area contributed by atoms with Crippen LogP contribution in [0.4, 0.5) is 5.69 Å². The van der Waals surface area contributed by atoms with Crippen LogP contribution in [0.5, 0.6) is 5.75 Å². The molecule has 120 valence electrons. The lowest BCUT2D eigenvalue weighted by atomic mass is 10.3. The van der Waals surface area contributed by atoms with Crippen LogP contribution in [0, 0.1) is 10.1 Å². The second-order valence-corrected chi connectivity index (χ2v) is 4.59. The Bertz CT molecular complexity index is 547. The van der Waals surface area contributed by atoms with Crippen molar-refractivity contribution in [3.8, 4) is 5.75 Å². The fourth-order valence-corrected chi connectivity index (χ4v) is 1.62. The van der Waals surface area contributed by atoms with Gasteiger partial charge in [-0.05, 0) is 19.4 Å². The molecule has 0 aliphatic carbocycles. The number of carbonyl (C=O) groups is 2. The number of ether oxygens (including phenoxy) is 1. The SMILES string of the molecule is CCCNC(=O)[C@@H](C)NC(=O)COc1ccccc1[N+](=O)[O-]. The van der Waals surface area contributed by atoms with Crippen molar-refractivity contribution in [2.45, 2.75) is 26.3 Å². The molecule has 0 saturated heterocycles. The predicted molar refractivity (Wildman–Crippen MR) is 79.5 cm³/mol. The lowest BCUT2D eigenvalue weighted by molar-refractivity contribution is -0.385. The Morgan fingerprint density at radius 2 is 2.05 bits per heavy atom. The van der Waals surface area contributed by atoms with Crippen molar-refractivity contribution in [2.24, 2.45) is 0 Å². The Morgan fingerprint density at radius 1 is 1.36 bits per heavy atom. The van der Waals surface area contributed by atoms with Crippen LogP contribution in [-0.2, 0) is 9.59 Å². The summed E-state index contributed by atoms with van der Waals surface area (Å²) >= 11 is 0. The highest BCUT2D eigenvalue weighted by Gasteiger charge is 2.17.